The predicted molar refractivity (Wildman–Crippen MR) is 50.9 cm³/mol. The lowest BCUT2D eigenvalue weighted by molar-refractivity contribution is 0.326. The van der Waals surface area contributed by atoms with Crippen LogP contribution in [0.1, 0.15) is 32.6 Å². The molecule has 2 fully saturated rings. The fraction of sp³-hybridized carbons (Fsp3) is 1.00. The lowest BCUT2D eigenvalue weighted by Crippen LogP contribution is -2.45. The van der Waals surface area contributed by atoms with Gasteiger partial charge in [-0.1, -0.05) is 12.8 Å². The minimum atomic E-state index is 0.0454. The molecule has 2 aliphatic rings. The van der Waals surface area contributed by atoms with Gasteiger partial charge >= 0.3 is 0 Å². The smallest absolute Gasteiger partial charge is 0.0254 e. The van der Waals surface area contributed by atoms with E-state index in [0.717, 1.165) is 18.4 Å². The van der Waals surface area contributed by atoms with E-state index >= 15 is 0 Å². The molecule has 0 aromatic rings. The third-order valence-electron chi connectivity index (χ3n) is 3.48. The van der Waals surface area contributed by atoms with Crippen molar-refractivity contribution in [1.29, 1.82) is 0 Å². The van der Waals surface area contributed by atoms with Gasteiger partial charge in [-0.2, -0.15) is 0 Å². The van der Waals surface area contributed by atoms with Gasteiger partial charge < -0.3 is 11.1 Å². The molecular weight excluding hydrogens is 148 g/mol. The maximum Gasteiger partial charge on any atom is 0.0254 e. The van der Waals surface area contributed by atoms with Gasteiger partial charge in [0.15, 0.2) is 0 Å². The van der Waals surface area contributed by atoms with Crippen molar-refractivity contribution >= 4 is 0 Å². The summed E-state index contributed by atoms with van der Waals surface area (Å²) in [6.07, 6.45) is 5.49. The zero-order chi connectivity index (χ0) is 8.60. The van der Waals surface area contributed by atoms with Crippen molar-refractivity contribution in [1.82, 2.24) is 5.32 Å². The van der Waals surface area contributed by atoms with E-state index in [4.69, 9.17) is 5.73 Å². The van der Waals surface area contributed by atoms with E-state index in [9.17, 15) is 0 Å². The van der Waals surface area contributed by atoms with Crippen LogP contribution in [0.5, 0.6) is 0 Å². The van der Waals surface area contributed by atoms with Crippen molar-refractivity contribution in [2.24, 2.45) is 17.6 Å². The second-order valence-electron chi connectivity index (χ2n) is 4.94. The SMILES string of the molecule is CC1(N)CNCC2CCCC2C1. The van der Waals surface area contributed by atoms with Crippen LogP contribution >= 0.6 is 0 Å². The molecule has 0 bridgehead atoms. The van der Waals surface area contributed by atoms with Gasteiger partial charge in [0, 0.05) is 12.1 Å². The molecule has 1 heterocycles. The van der Waals surface area contributed by atoms with E-state index in [2.05, 4.69) is 12.2 Å². The highest BCUT2D eigenvalue weighted by atomic mass is 14.9. The molecule has 0 radical (unpaired) electrons. The van der Waals surface area contributed by atoms with Gasteiger partial charge in [0.25, 0.3) is 0 Å². The highest BCUT2D eigenvalue weighted by Crippen LogP contribution is 2.37. The standard InChI is InChI=1S/C10H20N2/c1-10(11)5-8-3-2-4-9(8)6-12-7-10/h8-9,12H,2-7,11H2,1H3. The Morgan fingerprint density at radius 1 is 1.33 bits per heavy atom. The largest absolute Gasteiger partial charge is 0.324 e. The summed E-state index contributed by atoms with van der Waals surface area (Å²) in [6, 6.07) is 0. The maximum absolute atomic E-state index is 6.17. The number of nitrogens with two attached hydrogens (primary N) is 1. The topological polar surface area (TPSA) is 38.0 Å². The van der Waals surface area contributed by atoms with E-state index in [-0.39, 0.29) is 5.54 Å². The Morgan fingerprint density at radius 2 is 2.08 bits per heavy atom. The Labute approximate surface area is 74.9 Å². The molecule has 2 nitrogen and oxygen atoms in total. The van der Waals surface area contributed by atoms with Crippen LogP contribution in [-0.4, -0.2) is 18.6 Å². The molecule has 3 unspecified atom stereocenters. The summed E-state index contributed by atoms with van der Waals surface area (Å²) in [6.45, 7) is 4.39. The van der Waals surface area contributed by atoms with Crippen molar-refractivity contribution in [3.8, 4) is 0 Å². The van der Waals surface area contributed by atoms with E-state index in [1.165, 1.54) is 32.2 Å². The Hall–Kier alpha value is -0.0800. The van der Waals surface area contributed by atoms with Gasteiger partial charge in [0.1, 0.15) is 0 Å². The van der Waals surface area contributed by atoms with E-state index in [0.29, 0.717) is 0 Å². The van der Waals surface area contributed by atoms with Crippen LogP contribution in [0, 0.1) is 11.8 Å². The second kappa shape index (κ2) is 3.00. The molecule has 70 valence electrons. The van der Waals surface area contributed by atoms with Crippen molar-refractivity contribution in [3.63, 3.8) is 0 Å². The number of nitrogens with one attached hydrogen (secondary N) is 1. The van der Waals surface area contributed by atoms with Gasteiger partial charge in [-0.25, -0.2) is 0 Å². The van der Waals surface area contributed by atoms with Crippen molar-refractivity contribution in [2.75, 3.05) is 13.1 Å². The summed E-state index contributed by atoms with van der Waals surface area (Å²) in [5, 5.41) is 3.48. The first kappa shape index (κ1) is 8.52. The van der Waals surface area contributed by atoms with Gasteiger partial charge in [-0.3, -0.25) is 0 Å². The molecule has 3 N–H and O–H groups in total. The average molecular weight is 168 g/mol. The summed E-state index contributed by atoms with van der Waals surface area (Å²) >= 11 is 0. The maximum atomic E-state index is 6.17. The fourth-order valence-electron chi connectivity index (χ4n) is 2.87. The zero-order valence-corrected chi connectivity index (χ0v) is 7.97. The van der Waals surface area contributed by atoms with Crippen LogP contribution < -0.4 is 11.1 Å². The van der Waals surface area contributed by atoms with Crippen LogP contribution in [0.3, 0.4) is 0 Å². The number of fused-ring (bicyclic) bond motifs is 1. The number of rotatable bonds is 0. The quantitative estimate of drug-likeness (QED) is 0.568. The monoisotopic (exact) mass is 168 g/mol. The zero-order valence-electron chi connectivity index (χ0n) is 7.97. The normalized spacial score (nSPS) is 48.5. The first-order valence-corrected chi connectivity index (χ1v) is 5.17. The first-order chi connectivity index (χ1) is 5.67. The van der Waals surface area contributed by atoms with Crippen LogP contribution in [0.15, 0.2) is 0 Å². The van der Waals surface area contributed by atoms with Crippen molar-refractivity contribution < 1.29 is 0 Å². The molecule has 1 saturated heterocycles. The van der Waals surface area contributed by atoms with E-state index < -0.39 is 0 Å². The minimum Gasteiger partial charge on any atom is -0.324 e. The summed E-state index contributed by atoms with van der Waals surface area (Å²) in [7, 11) is 0. The Balaban J connectivity index is 2.04. The van der Waals surface area contributed by atoms with Crippen LogP contribution in [0.25, 0.3) is 0 Å². The molecule has 12 heavy (non-hydrogen) atoms. The Bertz CT molecular complexity index is 165. The predicted octanol–water partition coefficient (Wildman–Crippen LogP) is 1.11. The molecule has 3 atom stereocenters. The van der Waals surface area contributed by atoms with Gasteiger partial charge in [0.05, 0.1) is 0 Å². The highest BCUT2D eigenvalue weighted by Gasteiger charge is 2.35. The summed E-state index contributed by atoms with van der Waals surface area (Å²) in [5.41, 5.74) is 6.22. The lowest BCUT2D eigenvalue weighted by Gasteiger charge is -2.25. The van der Waals surface area contributed by atoms with Crippen LogP contribution in [0.4, 0.5) is 0 Å². The Kier molecular flexibility index (Phi) is 2.13. The molecule has 0 spiro atoms. The number of hydrogen-bond acceptors (Lipinski definition) is 2. The van der Waals surface area contributed by atoms with Gasteiger partial charge in [-0.05, 0) is 38.1 Å². The molecule has 1 saturated carbocycles. The molecule has 2 rings (SSSR count). The molecule has 2 heteroatoms. The fourth-order valence-corrected chi connectivity index (χ4v) is 2.87. The van der Waals surface area contributed by atoms with E-state index in [1.54, 1.807) is 0 Å². The minimum absolute atomic E-state index is 0.0454. The van der Waals surface area contributed by atoms with Gasteiger partial charge in [-0.15, -0.1) is 0 Å². The molecule has 0 aromatic carbocycles. The summed E-state index contributed by atoms with van der Waals surface area (Å²) in [4.78, 5) is 0. The third-order valence-corrected chi connectivity index (χ3v) is 3.48. The molecule has 1 aliphatic carbocycles. The second-order valence-corrected chi connectivity index (χ2v) is 4.94. The summed E-state index contributed by atoms with van der Waals surface area (Å²) in [5.74, 6) is 1.84. The molecular formula is C10H20N2. The van der Waals surface area contributed by atoms with Crippen LogP contribution in [0.2, 0.25) is 0 Å². The molecule has 0 amide bonds. The first-order valence-electron chi connectivity index (χ1n) is 5.17. The lowest BCUT2D eigenvalue weighted by atomic mass is 9.86. The summed E-state index contributed by atoms with van der Waals surface area (Å²) < 4.78 is 0. The Morgan fingerprint density at radius 3 is 2.92 bits per heavy atom. The number of hydrogen-bond donors (Lipinski definition) is 2. The van der Waals surface area contributed by atoms with Crippen molar-refractivity contribution in [3.05, 3.63) is 0 Å². The third kappa shape index (κ3) is 1.64. The molecule has 1 aliphatic heterocycles. The van der Waals surface area contributed by atoms with E-state index in [1.807, 2.05) is 0 Å². The van der Waals surface area contributed by atoms with Crippen molar-refractivity contribution in [2.45, 2.75) is 38.1 Å². The average Bonchev–Trinajstić information content (AvgIpc) is 2.31. The molecule has 0 aromatic heterocycles. The highest BCUT2D eigenvalue weighted by molar-refractivity contribution is 4.92. The van der Waals surface area contributed by atoms with Gasteiger partial charge in [0.2, 0.25) is 0 Å². The van der Waals surface area contributed by atoms with Crippen LogP contribution in [-0.2, 0) is 0 Å².